The van der Waals surface area contributed by atoms with Gasteiger partial charge in [-0.2, -0.15) is 0 Å². The molecule has 4 rings (SSSR count). The lowest BCUT2D eigenvalue weighted by Gasteiger charge is -2.24. The zero-order valence-electron chi connectivity index (χ0n) is 15.2. The molecule has 2 heterocycles. The van der Waals surface area contributed by atoms with E-state index in [0.29, 0.717) is 17.8 Å². The number of nitrogens with zero attached hydrogens (tertiary/aromatic N) is 3. The highest BCUT2D eigenvalue weighted by Gasteiger charge is 2.23. The smallest absolute Gasteiger partial charge is 0.177 e. The van der Waals surface area contributed by atoms with Crippen LogP contribution in [0.4, 0.5) is 17.2 Å². The lowest BCUT2D eigenvalue weighted by molar-refractivity contribution is 0.391. The number of hydrogen-bond acceptors (Lipinski definition) is 5. The van der Waals surface area contributed by atoms with E-state index in [1.54, 1.807) is 4.52 Å². The van der Waals surface area contributed by atoms with Gasteiger partial charge in [-0.3, -0.25) is 0 Å². The van der Waals surface area contributed by atoms with Crippen LogP contribution in [0.3, 0.4) is 0 Å². The van der Waals surface area contributed by atoms with Crippen LogP contribution in [0.15, 0.2) is 36.5 Å². The number of aryl methyl sites for hydroxylation is 1. The number of benzene rings is 1. The van der Waals surface area contributed by atoms with Crippen molar-refractivity contribution in [2.45, 2.75) is 51.0 Å². The second-order valence-electron chi connectivity index (χ2n) is 7.16. The van der Waals surface area contributed by atoms with Gasteiger partial charge >= 0.3 is 0 Å². The molecule has 0 amide bonds. The predicted octanol–water partition coefficient (Wildman–Crippen LogP) is 3.60. The van der Waals surface area contributed by atoms with Crippen molar-refractivity contribution in [1.29, 1.82) is 0 Å². The quantitative estimate of drug-likeness (QED) is 0.668. The molecule has 0 bridgehead atoms. The summed E-state index contributed by atoms with van der Waals surface area (Å²) in [5.41, 5.74) is 17.2. The minimum absolute atomic E-state index is 0.333. The molecule has 1 fully saturated rings. The molecule has 1 aliphatic rings. The van der Waals surface area contributed by atoms with Crippen LogP contribution in [0.25, 0.3) is 5.65 Å². The molecule has 6 nitrogen and oxygen atoms in total. The molecule has 3 aromatic rings. The summed E-state index contributed by atoms with van der Waals surface area (Å²) >= 11 is 0. The van der Waals surface area contributed by atoms with Crippen molar-refractivity contribution in [3.63, 3.8) is 0 Å². The van der Waals surface area contributed by atoms with Crippen molar-refractivity contribution >= 4 is 22.8 Å². The summed E-state index contributed by atoms with van der Waals surface area (Å²) in [5, 5.41) is 7.93. The average molecular weight is 350 g/mol. The van der Waals surface area contributed by atoms with Gasteiger partial charge in [0, 0.05) is 23.7 Å². The van der Waals surface area contributed by atoms with Crippen LogP contribution in [0.5, 0.6) is 0 Å². The van der Waals surface area contributed by atoms with Crippen molar-refractivity contribution < 1.29 is 0 Å². The Kier molecular flexibility index (Phi) is 4.51. The zero-order chi connectivity index (χ0) is 18.1. The van der Waals surface area contributed by atoms with E-state index in [0.717, 1.165) is 54.8 Å². The zero-order valence-corrected chi connectivity index (χ0v) is 15.2. The van der Waals surface area contributed by atoms with E-state index >= 15 is 0 Å². The first-order valence-corrected chi connectivity index (χ1v) is 9.40. The third kappa shape index (κ3) is 3.24. The summed E-state index contributed by atoms with van der Waals surface area (Å²) in [7, 11) is 0. The summed E-state index contributed by atoms with van der Waals surface area (Å²) in [6.45, 7) is 2.15. The number of fused-ring (bicyclic) bond motifs is 1. The Morgan fingerprint density at radius 2 is 1.92 bits per heavy atom. The van der Waals surface area contributed by atoms with Crippen molar-refractivity contribution in [3.8, 4) is 0 Å². The van der Waals surface area contributed by atoms with Crippen LogP contribution in [0.2, 0.25) is 0 Å². The Bertz CT molecular complexity index is 908. The Hall–Kier alpha value is -2.60. The van der Waals surface area contributed by atoms with Gasteiger partial charge in [0.15, 0.2) is 5.65 Å². The summed E-state index contributed by atoms with van der Waals surface area (Å²) < 4.78 is 1.80. The minimum atomic E-state index is 0.333. The number of rotatable bonds is 4. The molecule has 26 heavy (non-hydrogen) atoms. The Morgan fingerprint density at radius 1 is 1.15 bits per heavy atom. The first-order valence-electron chi connectivity index (χ1n) is 9.40. The second-order valence-corrected chi connectivity index (χ2v) is 7.16. The van der Waals surface area contributed by atoms with E-state index in [9.17, 15) is 0 Å². The molecule has 0 saturated heterocycles. The Balaban J connectivity index is 1.70. The van der Waals surface area contributed by atoms with Gasteiger partial charge < -0.3 is 16.8 Å². The van der Waals surface area contributed by atoms with Crippen molar-refractivity contribution in [1.82, 2.24) is 14.6 Å². The largest absolute Gasteiger partial charge is 0.382 e. The summed E-state index contributed by atoms with van der Waals surface area (Å²) in [6.07, 6.45) is 7.27. The molecule has 5 N–H and O–H groups in total. The van der Waals surface area contributed by atoms with E-state index < -0.39 is 0 Å². The van der Waals surface area contributed by atoms with Crippen LogP contribution >= 0.6 is 0 Å². The van der Waals surface area contributed by atoms with Crippen molar-refractivity contribution in [2.75, 3.05) is 11.1 Å². The number of imidazole rings is 1. The Labute approximate surface area is 153 Å². The number of aromatic nitrogens is 3. The van der Waals surface area contributed by atoms with E-state index in [2.05, 4.69) is 35.5 Å². The van der Waals surface area contributed by atoms with Crippen LogP contribution in [-0.4, -0.2) is 20.6 Å². The molecular weight excluding hydrogens is 324 g/mol. The first kappa shape index (κ1) is 16.8. The molecule has 1 aromatic carbocycles. The van der Waals surface area contributed by atoms with Gasteiger partial charge in [0.05, 0.1) is 17.6 Å². The van der Waals surface area contributed by atoms with E-state index in [4.69, 9.17) is 16.5 Å². The fourth-order valence-corrected chi connectivity index (χ4v) is 3.81. The highest BCUT2D eigenvalue weighted by molar-refractivity contribution is 5.76. The van der Waals surface area contributed by atoms with Gasteiger partial charge in [0.1, 0.15) is 5.82 Å². The third-order valence-corrected chi connectivity index (χ3v) is 5.32. The average Bonchev–Trinajstić information content (AvgIpc) is 3.07. The Morgan fingerprint density at radius 3 is 2.69 bits per heavy atom. The first-order chi connectivity index (χ1) is 12.6. The molecule has 2 aromatic heterocycles. The van der Waals surface area contributed by atoms with Gasteiger partial charge in [-0.05, 0) is 43.7 Å². The summed E-state index contributed by atoms with van der Waals surface area (Å²) in [4.78, 5) is 4.90. The van der Waals surface area contributed by atoms with E-state index in [-0.39, 0.29) is 0 Å². The third-order valence-electron chi connectivity index (χ3n) is 5.32. The fourth-order valence-electron chi connectivity index (χ4n) is 3.81. The number of nitrogen functional groups attached to an aromatic ring is 1. The predicted molar refractivity (Wildman–Crippen MR) is 106 cm³/mol. The van der Waals surface area contributed by atoms with Crippen LogP contribution in [-0.2, 0) is 6.42 Å². The number of nitrogens with one attached hydrogen (secondary N) is 1. The summed E-state index contributed by atoms with van der Waals surface area (Å²) in [6, 6.07) is 10.5. The van der Waals surface area contributed by atoms with Crippen LogP contribution in [0, 0.1) is 0 Å². The maximum atomic E-state index is 6.04. The molecule has 0 radical (unpaired) electrons. The van der Waals surface area contributed by atoms with Crippen molar-refractivity contribution in [2.24, 2.45) is 5.73 Å². The second kappa shape index (κ2) is 6.96. The van der Waals surface area contributed by atoms with Crippen LogP contribution < -0.4 is 16.8 Å². The number of para-hydroxylation sites is 1. The lowest BCUT2D eigenvalue weighted by atomic mass is 9.85. The van der Waals surface area contributed by atoms with Gasteiger partial charge in [-0.15, -0.1) is 5.10 Å². The summed E-state index contributed by atoms with van der Waals surface area (Å²) in [5.74, 6) is 0.928. The van der Waals surface area contributed by atoms with Gasteiger partial charge in [0.2, 0.25) is 0 Å². The standard InChI is InChI=1S/C20H26N6/c1-2-13-5-3-4-6-16(13)23-17-11-19(22)25-26-12-18(24-20(17)26)14-7-9-15(21)10-8-14/h3-6,11-12,14-15,23H,2,7-10,21H2,1H3,(H2,22,25)/t14-,15-. The molecule has 0 aliphatic heterocycles. The number of nitrogens with two attached hydrogens (primary N) is 2. The molecule has 0 unspecified atom stereocenters. The number of anilines is 3. The SMILES string of the molecule is CCc1ccccc1Nc1cc(N)nn2cc([C@H]3CC[C@H](N)CC3)nc12. The highest BCUT2D eigenvalue weighted by Crippen LogP contribution is 2.33. The molecule has 6 heteroatoms. The van der Waals surface area contributed by atoms with E-state index in [1.165, 1.54) is 5.56 Å². The van der Waals surface area contributed by atoms with Gasteiger partial charge in [-0.25, -0.2) is 9.50 Å². The van der Waals surface area contributed by atoms with Crippen LogP contribution in [0.1, 0.15) is 49.8 Å². The monoisotopic (exact) mass is 350 g/mol. The normalized spacial score (nSPS) is 20.4. The fraction of sp³-hybridized carbons (Fsp3) is 0.400. The molecule has 1 aliphatic carbocycles. The molecule has 136 valence electrons. The highest BCUT2D eigenvalue weighted by atomic mass is 15.3. The van der Waals surface area contributed by atoms with E-state index in [1.807, 2.05) is 18.3 Å². The maximum absolute atomic E-state index is 6.04. The van der Waals surface area contributed by atoms with Gasteiger partial charge in [0.25, 0.3) is 0 Å². The van der Waals surface area contributed by atoms with Crippen molar-refractivity contribution in [3.05, 3.63) is 47.8 Å². The molecule has 0 atom stereocenters. The topological polar surface area (TPSA) is 94.3 Å². The number of hydrogen-bond donors (Lipinski definition) is 3. The molecule has 0 spiro atoms. The maximum Gasteiger partial charge on any atom is 0.177 e. The van der Waals surface area contributed by atoms with Gasteiger partial charge in [-0.1, -0.05) is 25.1 Å². The molecular formula is C20H26N6. The minimum Gasteiger partial charge on any atom is -0.382 e. The lowest BCUT2D eigenvalue weighted by Crippen LogP contribution is -2.25. The molecule has 1 saturated carbocycles.